The Balaban J connectivity index is 1.91. The smallest absolute Gasteiger partial charge is 0.293 e. The Bertz CT molecular complexity index is 694. The maximum absolute atomic E-state index is 11.2. The lowest BCUT2D eigenvalue weighted by atomic mass is 10.0. The molecule has 0 spiro atoms. The van der Waals surface area contributed by atoms with Crippen molar-refractivity contribution in [1.29, 1.82) is 0 Å². The van der Waals surface area contributed by atoms with Crippen molar-refractivity contribution in [1.82, 2.24) is 4.98 Å². The van der Waals surface area contributed by atoms with Crippen molar-refractivity contribution in [3.05, 3.63) is 27.3 Å². The number of rotatable bonds is 4. The van der Waals surface area contributed by atoms with Gasteiger partial charge < -0.3 is 15.2 Å². The van der Waals surface area contributed by atoms with Crippen LogP contribution < -0.4 is 5.32 Å². The third kappa shape index (κ3) is 2.82. The molecule has 0 amide bonds. The molecule has 1 atom stereocenters. The maximum Gasteiger partial charge on any atom is 0.293 e. The summed E-state index contributed by atoms with van der Waals surface area (Å²) < 4.78 is 5.95. The molecule has 2 N–H and O–H groups in total. The van der Waals surface area contributed by atoms with Crippen molar-refractivity contribution in [2.75, 3.05) is 25.1 Å². The lowest BCUT2D eigenvalue weighted by Gasteiger charge is -2.21. The summed E-state index contributed by atoms with van der Waals surface area (Å²) in [4.78, 5) is 15.1. The average Bonchev–Trinajstić information content (AvgIpc) is 3.00. The summed E-state index contributed by atoms with van der Waals surface area (Å²) in [6.07, 6.45) is 0.520. The number of thiazole rings is 1. The van der Waals surface area contributed by atoms with E-state index in [2.05, 4.69) is 10.3 Å². The number of aryl methyl sites for hydroxylation is 1. The molecular formula is C13H15N3O4S. The molecule has 2 aromatic rings. The van der Waals surface area contributed by atoms with Crippen molar-refractivity contribution in [2.45, 2.75) is 18.9 Å². The van der Waals surface area contributed by atoms with Gasteiger partial charge in [0.05, 0.1) is 26.8 Å². The Morgan fingerprint density at radius 3 is 3.10 bits per heavy atom. The van der Waals surface area contributed by atoms with Gasteiger partial charge in [-0.25, -0.2) is 4.98 Å². The highest BCUT2D eigenvalue weighted by Gasteiger charge is 2.32. The molecule has 1 aromatic carbocycles. The number of nitro groups is 1. The molecule has 3 rings (SSSR count). The highest BCUT2D eigenvalue weighted by Crippen LogP contribution is 2.33. The Morgan fingerprint density at radius 1 is 1.62 bits per heavy atom. The van der Waals surface area contributed by atoms with Crippen molar-refractivity contribution in [3.8, 4) is 0 Å². The first-order valence-corrected chi connectivity index (χ1v) is 7.38. The number of nitrogens with zero attached hydrogens (tertiary/aromatic N) is 2. The first-order chi connectivity index (χ1) is 9.97. The molecule has 21 heavy (non-hydrogen) atoms. The maximum atomic E-state index is 11.2. The van der Waals surface area contributed by atoms with E-state index >= 15 is 0 Å². The quantitative estimate of drug-likeness (QED) is 0.663. The van der Waals surface area contributed by atoms with Crippen LogP contribution in [-0.2, 0) is 4.74 Å². The zero-order valence-corrected chi connectivity index (χ0v) is 12.3. The number of benzene rings is 1. The fraction of sp³-hybridized carbons (Fsp3) is 0.462. The molecule has 112 valence electrons. The van der Waals surface area contributed by atoms with Crippen LogP contribution >= 0.6 is 11.3 Å². The third-order valence-corrected chi connectivity index (χ3v) is 4.43. The van der Waals surface area contributed by atoms with Crippen molar-refractivity contribution >= 4 is 32.9 Å². The minimum atomic E-state index is -0.971. The molecule has 0 saturated carbocycles. The van der Waals surface area contributed by atoms with Gasteiger partial charge in [-0.1, -0.05) is 0 Å². The van der Waals surface area contributed by atoms with Crippen LogP contribution in [0.5, 0.6) is 0 Å². The van der Waals surface area contributed by atoms with Crippen LogP contribution in [0.3, 0.4) is 0 Å². The van der Waals surface area contributed by atoms with Gasteiger partial charge in [0.1, 0.15) is 11.3 Å². The second-order valence-corrected chi connectivity index (χ2v) is 6.44. The number of anilines is 1. The predicted molar refractivity (Wildman–Crippen MR) is 79.9 cm³/mol. The van der Waals surface area contributed by atoms with E-state index in [0.717, 1.165) is 15.2 Å². The highest BCUT2D eigenvalue weighted by molar-refractivity contribution is 7.18. The summed E-state index contributed by atoms with van der Waals surface area (Å²) in [5, 5.41) is 25.3. The van der Waals surface area contributed by atoms with E-state index in [4.69, 9.17) is 4.74 Å². The highest BCUT2D eigenvalue weighted by atomic mass is 32.1. The van der Waals surface area contributed by atoms with E-state index in [1.807, 2.05) is 6.92 Å². The van der Waals surface area contributed by atoms with Gasteiger partial charge in [-0.15, -0.1) is 11.3 Å². The van der Waals surface area contributed by atoms with Crippen LogP contribution in [0.1, 0.15) is 11.4 Å². The molecule has 7 nitrogen and oxygen atoms in total. The van der Waals surface area contributed by atoms with Crippen molar-refractivity contribution in [2.24, 2.45) is 0 Å². The van der Waals surface area contributed by atoms with E-state index < -0.39 is 10.5 Å². The lowest BCUT2D eigenvalue weighted by Crippen LogP contribution is -2.37. The number of hydrogen-bond donors (Lipinski definition) is 2. The molecule has 0 aliphatic carbocycles. The zero-order chi connectivity index (χ0) is 15.0. The molecule has 0 bridgehead atoms. The summed E-state index contributed by atoms with van der Waals surface area (Å²) in [5.74, 6) is 0. The number of aliphatic hydroxyl groups is 1. The molecule has 1 fully saturated rings. The van der Waals surface area contributed by atoms with Crippen LogP contribution in [0.15, 0.2) is 12.1 Å². The largest absolute Gasteiger partial charge is 0.386 e. The van der Waals surface area contributed by atoms with Gasteiger partial charge in [0.25, 0.3) is 5.69 Å². The monoisotopic (exact) mass is 309 g/mol. The van der Waals surface area contributed by atoms with Gasteiger partial charge in [-0.3, -0.25) is 10.1 Å². The summed E-state index contributed by atoms with van der Waals surface area (Å²) in [5.41, 5.74) is 0.118. The van der Waals surface area contributed by atoms with E-state index in [1.165, 1.54) is 17.4 Å². The van der Waals surface area contributed by atoms with Gasteiger partial charge in [-0.05, 0) is 13.0 Å². The summed E-state index contributed by atoms with van der Waals surface area (Å²) in [6.45, 7) is 2.82. The second kappa shape index (κ2) is 5.21. The normalized spacial score (nSPS) is 21.8. The van der Waals surface area contributed by atoms with E-state index in [-0.39, 0.29) is 18.8 Å². The predicted octanol–water partition coefficient (Wildman–Crippen LogP) is 2.08. The van der Waals surface area contributed by atoms with Gasteiger partial charge in [0, 0.05) is 25.6 Å². The standard InChI is InChI=1S/C13H15N3O4S/c1-8-15-10-4-9(11(16(18)19)5-12(10)21-8)14-6-13(17)2-3-20-7-13/h4-5,14,17H,2-3,6-7H2,1H3. The molecule has 8 heteroatoms. The lowest BCUT2D eigenvalue weighted by molar-refractivity contribution is -0.383. The van der Waals surface area contributed by atoms with Crippen molar-refractivity contribution in [3.63, 3.8) is 0 Å². The van der Waals surface area contributed by atoms with Crippen LogP contribution in [0.2, 0.25) is 0 Å². The molecule has 1 aromatic heterocycles. The van der Waals surface area contributed by atoms with Crippen LogP contribution in [0, 0.1) is 17.0 Å². The van der Waals surface area contributed by atoms with E-state index in [0.29, 0.717) is 18.7 Å². The Kier molecular flexibility index (Phi) is 3.52. The average molecular weight is 309 g/mol. The van der Waals surface area contributed by atoms with Crippen molar-refractivity contribution < 1.29 is 14.8 Å². The summed E-state index contributed by atoms with van der Waals surface area (Å²) in [6, 6.07) is 3.19. The van der Waals surface area contributed by atoms with Crippen LogP contribution in [0.4, 0.5) is 11.4 Å². The fourth-order valence-corrected chi connectivity index (χ4v) is 3.21. The SMILES string of the molecule is Cc1nc2cc(NCC3(O)CCOC3)c([N+](=O)[O-])cc2s1. The third-order valence-electron chi connectivity index (χ3n) is 3.50. The van der Waals surface area contributed by atoms with Crippen LogP contribution in [0.25, 0.3) is 10.2 Å². The topological polar surface area (TPSA) is 97.5 Å². The fourth-order valence-electron chi connectivity index (χ4n) is 2.37. The molecule has 1 saturated heterocycles. The molecule has 2 heterocycles. The first-order valence-electron chi connectivity index (χ1n) is 6.56. The minimum absolute atomic E-state index is 0.00587. The van der Waals surface area contributed by atoms with Gasteiger partial charge in [0.2, 0.25) is 0 Å². The Hall–Kier alpha value is -1.77. The molecule has 0 radical (unpaired) electrons. The number of aromatic nitrogens is 1. The number of nitro benzene ring substituents is 1. The van der Waals surface area contributed by atoms with E-state index in [9.17, 15) is 15.2 Å². The minimum Gasteiger partial charge on any atom is -0.386 e. The van der Waals surface area contributed by atoms with Gasteiger partial charge >= 0.3 is 0 Å². The number of hydrogen-bond acceptors (Lipinski definition) is 7. The molecule has 1 aliphatic heterocycles. The number of ether oxygens (including phenoxy) is 1. The second-order valence-electron chi connectivity index (χ2n) is 5.21. The number of fused-ring (bicyclic) bond motifs is 1. The van der Waals surface area contributed by atoms with Gasteiger partial charge in [0.15, 0.2) is 0 Å². The van der Waals surface area contributed by atoms with Crippen LogP contribution in [-0.4, -0.2) is 40.4 Å². The zero-order valence-electron chi connectivity index (χ0n) is 11.5. The number of nitrogens with one attached hydrogen (secondary N) is 1. The first kappa shape index (κ1) is 14.2. The Labute approximate surface area is 124 Å². The molecule has 1 aliphatic rings. The molecule has 1 unspecified atom stereocenters. The molecular weight excluding hydrogens is 294 g/mol. The summed E-state index contributed by atoms with van der Waals surface area (Å²) in [7, 11) is 0. The van der Waals surface area contributed by atoms with E-state index in [1.54, 1.807) is 6.07 Å². The summed E-state index contributed by atoms with van der Waals surface area (Å²) >= 11 is 1.42. The van der Waals surface area contributed by atoms with Gasteiger partial charge in [-0.2, -0.15) is 0 Å². The Morgan fingerprint density at radius 2 is 2.43 bits per heavy atom.